The van der Waals surface area contributed by atoms with Gasteiger partial charge in [0.25, 0.3) is 0 Å². The van der Waals surface area contributed by atoms with Crippen LogP contribution in [0.4, 0.5) is 10.6 Å². The van der Waals surface area contributed by atoms with Gasteiger partial charge in [-0.15, -0.1) is 0 Å². The molecule has 3 fully saturated rings. The molecule has 1 amide bonds. The van der Waals surface area contributed by atoms with Crippen molar-refractivity contribution in [1.29, 1.82) is 0 Å². The Labute approximate surface area is 209 Å². The van der Waals surface area contributed by atoms with Gasteiger partial charge in [0.2, 0.25) is 0 Å². The molecule has 2 N–H and O–H groups in total. The van der Waals surface area contributed by atoms with Crippen LogP contribution in [0.15, 0.2) is 12.5 Å². The third-order valence-electron chi connectivity index (χ3n) is 7.73. The van der Waals surface area contributed by atoms with Crippen LogP contribution in [0, 0.1) is 8.99 Å². The van der Waals surface area contributed by atoms with E-state index in [1.165, 1.54) is 19.3 Å². The van der Waals surface area contributed by atoms with Crippen LogP contribution in [0.25, 0.3) is 11.0 Å². The number of fused-ring (bicyclic) bond motifs is 1. The third kappa shape index (κ3) is 4.54. The van der Waals surface area contributed by atoms with Crippen LogP contribution in [-0.2, 0) is 4.74 Å². The van der Waals surface area contributed by atoms with Crippen LogP contribution >= 0.6 is 22.6 Å². The average Bonchev–Trinajstić information content (AvgIpc) is 3.46. The van der Waals surface area contributed by atoms with Gasteiger partial charge < -0.3 is 19.9 Å². The molecule has 4 heterocycles. The molecule has 3 aliphatic rings. The van der Waals surface area contributed by atoms with E-state index in [2.05, 4.69) is 48.2 Å². The fourth-order valence-electron chi connectivity index (χ4n) is 6.07. The molecule has 0 aromatic carbocycles. The summed E-state index contributed by atoms with van der Waals surface area (Å²) in [4.78, 5) is 25.9. The zero-order valence-corrected chi connectivity index (χ0v) is 22.0. The lowest BCUT2D eigenvalue weighted by Crippen LogP contribution is -2.40. The van der Waals surface area contributed by atoms with Gasteiger partial charge in [-0.3, -0.25) is 4.90 Å². The van der Waals surface area contributed by atoms with Crippen LogP contribution < -0.4 is 5.73 Å². The van der Waals surface area contributed by atoms with E-state index in [4.69, 9.17) is 10.5 Å². The van der Waals surface area contributed by atoms with Gasteiger partial charge in [0.1, 0.15) is 23.4 Å². The molecule has 1 aliphatic carbocycles. The van der Waals surface area contributed by atoms with Crippen molar-refractivity contribution in [3.63, 3.8) is 0 Å². The summed E-state index contributed by atoms with van der Waals surface area (Å²) in [7, 11) is 0. The maximum absolute atomic E-state index is 12.5. The number of nitrogen functional groups attached to an aromatic ring is 1. The van der Waals surface area contributed by atoms with E-state index in [0.717, 1.165) is 60.0 Å². The van der Waals surface area contributed by atoms with Crippen LogP contribution in [-0.4, -0.2) is 68.3 Å². The largest absolute Gasteiger partial charge is 0.444 e. The number of amides is 1. The first-order valence-electron chi connectivity index (χ1n) is 12.1. The lowest BCUT2D eigenvalue weighted by molar-refractivity contribution is 0.0272. The number of hydrogen-bond donors (Lipinski definition) is 1. The fourth-order valence-corrected chi connectivity index (χ4v) is 6.89. The number of nitrogens with two attached hydrogens (primary N) is 1. The Morgan fingerprint density at radius 3 is 2.55 bits per heavy atom. The summed E-state index contributed by atoms with van der Waals surface area (Å²) in [6, 6.07) is 1.10. The lowest BCUT2D eigenvalue weighted by atomic mass is 9.86. The molecule has 0 bridgehead atoms. The predicted molar refractivity (Wildman–Crippen MR) is 137 cm³/mol. The van der Waals surface area contributed by atoms with E-state index < -0.39 is 5.60 Å². The number of carbonyl (C=O) groups is 1. The molecule has 1 saturated carbocycles. The second-order valence-corrected chi connectivity index (χ2v) is 12.3. The van der Waals surface area contributed by atoms with Crippen molar-refractivity contribution < 1.29 is 9.53 Å². The van der Waals surface area contributed by atoms with Crippen LogP contribution in [0.1, 0.15) is 65.3 Å². The van der Waals surface area contributed by atoms with Crippen molar-refractivity contribution >= 4 is 45.5 Å². The maximum atomic E-state index is 12.5. The SMILES string of the molecule is CC(C)(C)OC(=O)N1CCC2(CCN([C@H]3CC[C@H](n4cc(I)c5c(N)ncnc54)CC3)C2)C1. The average molecular weight is 566 g/mol. The third-order valence-corrected chi connectivity index (χ3v) is 8.54. The molecule has 5 rings (SSSR count). The first-order chi connectivity index (χ1) is 15.6. The minimum Gasteiger partial charge on any atom is -0.444 e. The number of ether oxygens (including phenoxy) is 1. The van der Waals surface area contributed by atoms with Crippen LogP contribution in [0.3, 0.4) is 0 Å². The highest BCUT2D eigenvalue weighted by Gasteiger charge is 2.47. The molecule has 2 aromatic heterocycles. The first kappa shape index (κ1) is 23.1. The van der Waals surface area contributed by atoms with Crippen LogP contribution in [0.5, 0.6) is 0 Å². The zero-order valence-electron chi connectivity index (χ0n) is 19.9. The molecular formula is C24H35IN6O2. The van der Waals surface area contributed by atoms with Gasteiger partial charge >= 0.3 is 6.09 Å². The number of carbonyl (C=O) groups excluding carboxylic acids is 1. The minimum atomic E-state index is -0.436. The van der Waals surface area contributed by atoms with E-state index in [0.29, 0.717) is 17.9 Å². The monoisotopic (exact) mass is 566 g/mol. The number of likely N-dealkylation sites (tertiary alicyclic amines) is 2. The Kier molecular flexibility index (Phi) is 5.99. The van der Waals surface area contributed by atoms with Gasteiger partial charge in [-0.1, -0.05) is 0 Å². The summed E-state index contributed by atoms with van der Waals surface area (Å²) in [6.45, 7) is 9.71. The molecule has 9 heteroatoms. The maximum Gasteiger partial charge on any atom is 0.410 e. The van der Waals surface area contributed by atoms with Gasteiger partial charge in [0.15, 0.2) is 0 Å². The van der Waals surface area contributed by atoms with Gasteiger partial charge in [-0.05, 0) is 88.4 Å². The Morgan fingerprint density at radius 2 is 1.82 bits per heavy atom. The van der Waals surface area contributed by atoms with E-state index in [-0.39, 0.29) is 11.5 Å². The summed E-state index contributed by atoms with van der Waals surface area (Å²) in [5.74, 6) is 0.566. The molecule has 33 heavy (non-hydrogen) atoms. The number of hydrogen-bond acceptors (Lipinski definition) is 6. The second kappa shape index (κ2) is 8.55. The molecule has 0 radical (unpaired) electrons. The first-order valence-corrected chi connectivity index (χ1v) is 13.2. The van der Waals surface area contributed by atoms with Gasteiger partial charge in [-0.2, -0.15) is 0 Å². The Hall–Kier alpha value is -1.62. The van der Waals surface area contributed by atoms with Gasteiger partial charge in [0, 0.05) is 46.9 Å². The van der Waals surface area contributed by atoms with Crippen molar-refractivity contribution in [3.05, 3.63) is 16.1 Å². The molecular weight excluding hydrogens is 531 g/mol. The predicted octanol–water partition coefficient (Wildman–Crippen LogP) is 4.43. The highest BCUT2D eigenvalue weighted by Crippen LogP contribution is 2.43. The summed E-state index contributed by atoms with van der Waals surface area (Å²) in [5.41, 5.74) is 6.88. The van der Waals surface area contributed by atoms with Crippen molar-refractivity contribution in [2.24, 2.45) is 5.41 Å². The van der Waals surface area contributed by atoms with Crippen molar-refractivity contribution in [2.75, 3.05) is 31.9 Å². The summed E-state index contributed by atoms with van der Waals surface area (Å²) >= 11 is 2.34. The van der Waals surface area contributed by atoms with Crippen molar-refractivity contribution in [3.8, 4) is 0 Å². The van der Waals surface area contributed by atoms with E-state index in [1.807, 2.05) is 25.7 Å². The Morgan fingerprint density at radius 1 is 1.12 bits per heavy atom. The second-order valence-electron chi connectivity index (χ2n) is 11.2. The van der Waals surface area contributed by atoms with Gasteiger partial charge in [0.05, 0.1) is 5.39 Å². The van der Waals surface area contributed by atoms with E-state index in [1.54, 1.807) is 6.33 Å². The normalized spacial score (nSPS) is 28.8. The standard InChI is InChI=1S/C24H35IN6O2/c1-23(2,3)33-22(32)30-11-9-24(14-30)8-10-29(13-24)16-4-6-17(7-5-16)31-12-18(25)19-20(26)27-15-28-21(19)31/h12,15-17H,4-11,13-14H2,1-3H3,(H2,26,27,28)/t16-,17-,24?. The Balaban J connectivity index is 1.19. The highest BCUT2D eigenvalue weighted by atomic mass is 127. The highest BCUT2D eigenvalue weighted by molar-refractivity contribution is 14.1. The molecule has 1 atom stereocenters. The molecule has 1 unspecified atom stereocenters. The van der Waals surface area contributed by atoms with E-state index in [9.17, 15) is 4.79 Å². The Bertz CT molecular complexity index is 1040. The minimum absolute atomic E-state index is 0.156. The zero-order chi connectivity index (χ0) is 23.4. The summed E-state index contributed by atoms with van der Waals surface area (Å²) in [6.07, 6.45) is 10.6. The number of rotatable bonds is 2. The van der Waals surface area contributed by atoms with Crippen molar-refractivity contribution in [1.82, 2.24) is 24.3 Å². The number of aromatic nitrogens is 3. The number of anilines is 1. The molecule has 1 spiro atoms. The number of nitrogens with zero attached hydrogens (tertiary/aromatic N) is 5. The fraction of sp³-hybridized carbons (Fsp3) is 0.708. The van der Waals surface area contributed by atoms with Gasteiger partial charge in [-0.25, -0.2) is 14.8 Å². The molecule has 2 aliphatic heterocycles. The van der Waals surface area contributed by atoms with E-state index >= 15 is 0 Å². The lowest BCUT2D eigenvalue weighted by Gasteiger charge is -2.36. The smallest absolute Gasteiger partial charge is 0.410 e. The van der Waals surface area contributed by atoms with Crippen LogP contribution in [0.2, 0.25) is 0 Å². The summed E-state index contributed by atoms with van der Waals surface area (Å²) in [5, 5.41) is 0.984. The quantitative estimate of drug-likeness (QED) is 0.541. The number of halogens is 1. The van der Waals surface area contributed by atoms with Crippen molar-refractivity contribution in [2.45, 2.75) is 77.0 Å². The summed E-state index contributed by atoms with van der Waals surface area (Å²) < 4.78 is 9.07. The molecule has 2 saturated heterocycles. The topological polar surface area (TPSA) is 89.5 Å². The molecule has 8 nitrogen and oxygen atoms in total. The molecule has 180 valence electrons. The molecule has 2 aromatic rings.